The third-order valence-corrected chi connectivity index (χ3v) is 9.81. The van der Waals surface area contributed by atoms with Gasteiger partial charge in [0.2, 0.25) is 0 Å². The van der Waals surface area contributed by atoms with Crippen molar-refractivity contribution in [2.75, 3.05) is 13.2 Å². The first kappa shape index (κ1) is 19.4. The molecule has 0 heterocycles. The summed E-state index contributed by atoms with van der Waals surface area (Å²) in [7, 11) is -1.69. The minimum Gasteiger partial charge on any atom is -0.463 e. The van der Waals surface area contributed by atoms with Crippen LogP contribution >= 0.6 is 0 Å². The van der Waals surface area contributed by atoms with Crippen LogP contribution in [0.1, 0.15) is 53.9 Å². The van der Waals surface area contributed by atoms with Gasteiger partial charge in [-0.3, -0.25) is 0 Å². The molecule has 2 atom stereocenters. The van der Waals surface area contributed by atoms with E-state index in [4.69, 9.17) is 9.16 Å². The highest BCUT2D eigenvalue weighted by Crippen LogP contribution is 2.41. The monoisotopic (exact) mass is 326 g/mol. The van der Waals surface area contributed by atoms with Crippen molar-refractivity contribution in [2.24, 2.45) is 11.8 Å². The average Bonchev–Trinajstić information content (AvgIpc) is 2.77. The van der Waals surface area contributed by atoms with Crippen molar-refractivity contribution in [1.82, 2.24) is 0 Å². The van der Waals surface area contributed by atoms with Gasteiger partial charge in [0.25, 0.3) is 0 Å². The SMILES string of the molecule is CCOC(=O)/C=C1\C[C@@H](CC)[C@@H](CO[Si](C)(C)C(C)(C)C)C1. The smallest absolute Gasteiger partial charge is 0.330 e. The molecule has 0 aromatic rings. The Hall–Kier alpha value is -0.613. The molecular formula is C18H34O3Si. The van der Waals surface area contributed by atoms with Gasteiger partial charge in [0.15, 0.2) is 8.32 Å². The molecule has 0 N–H and O–H groups in total. The first-order valence-electron chi connectivity index (χ1n) is 8.60. The Kier molecular flexibility index (Phi) is 6.87. The maximum atomic E-state index is 11.6. The van der Waals surface area contributed by atoms with Gasteiger partial charge in [-0.15, -0.1) is 0 Å². The highest BCUT2D eigenvalue weighted by atomic mass is 28.4. The number of hydrogen-bond acceptors (Lipinski definition) is 3. The third-order valence-electron chi connectivity index (χ3n) is 5.31. The van der Waals surface area contributed by atoms with E-state index in [-0.39, 0.29) is 11.0 Å². The van der Waals surface area contributed by atoms with Crippen LogP contribution < -0.4 is 0 Å². The largest absolute Gasteiger partial charge is 0.463 e. The van der Waals surface area contributed by atoms with Crippen molar-refractivity contribution in [3.63, 3.8) is 0 Å². The van der Waals surface area contributed by atoms with Crippen LogP contribution in [0, 0.1) is 11.8 Å². The summed E-state index contributed by atoms with van der Waals surface area (Å²) in [5.41, 5.74) is 1.23. The molecule has 1 rings (SSSR count). The quantitative estimate of drug-likeness (QED) is 0.394. The van der Waals surface area contributed by atoms with Crippen molar-refractivity contribution in [2.45, 2.75) is 72.0 Å². The van der Waals surface area contributed by atoms with Crippen molar-refractivity contribution in [1.29, 1.82) is 0 Å². The zero-order valence-electron chi connectivity index (χ0n) is 15.5. The van der Waals surface area contributed by atoms with Crippen LogP contribution in [0.2, 0.25) is 18.1 Å². The Morgan fingerprint density at radius 3 is 2.32 bits per heavy atom. The van der Waals surface area contributed by atoms with Gasteiger partial charge < -0.3 is 9.16 Å². The van der Waals surface area contributed by atoms with Crippen LogP contribution in [-0.2, 0) is 14.0 Å². The molecule has 4 heteroatoms. The van der Waals surface area contributed by atoms with E-state index in [1.54, 1.807) is 6.08 Å². The molecule has 0 aromatic heterocycles. The summed E-state index contributed by atoms with van der Waals surface area (Å²) in [5.74, 6) is 0.976. The number of rotatable bonds is 6. The molecule has 0 saturated heterocycles. The molecule has 0 bridgehead atoms. The fourth-order valence-electron chi connectivity index (χ4n) is 2.76. The van der Waals surface area contributed by atoms with Crippen LogP contribution in [0.5, 0.6) is 0 Å². The van der Waals surface area contributed by atoms with Crippen LogP contribution in [0.15, 0.2) is 11.6 Å². The Morgan fingerprint density at radius 1 is 1.23 bits per heavy atom. The molecule has 0 radical (unpaired) electrons. The number of carbonyl (C=O) groups excluding carboxylic acids is 1. The molecule has 22 heavy (non-hydrogen) atoms. The Labute approximate surface area is 137 Å². The summed E-state index contributed by atoms with van der Waals surface area (Å²) in [5, 5.41) is 0.247. The van der Waals surface area contributed by atoms with Crippen molar-refractivity contribution in [3.8, 4) is 0 Å². The predicted molar refractivity (Wildman–Crippen MR) is 94.4 cm³/mol. The standard InChI is InChI=1S/C18H34O3Si/c1-8-15-10-14(12-17(19)20-9-2)11-16(15)13-21-22(6,7)18(3,4)5/h12,15-16H,8-11,13H2,1-7H3/b14-12+/t15-,16-/m1/s1. The highest BCUT2D eigenvalue weighted by Gasteiger charge is 2.39. The fraction of sp³-hybridized carbons (Fsp3) is 0.833. The summed E-state index contributed by atoms with van der Waals surface area (Å²) >= 11 is 0. The second-order valence-electron chi connectivity index (χ2n) is 7.96. The number of carbonyl (C=O) groups is 1. The van der Waals surface area contributed by atoms with E-state index < -0.39 is 8.32 Å². The van der Waals surface area contributed by atoms with E-state index in [9.17, 15) is 4.79 Å². The minimum absolute atomic E-state index is 0.196. The van der Waals surface area contributed by atoms with E-state index in [1.165, 1.54) is 5.57 Å². The fourth-order valence-corrected chi connectivity index (χ4v) is 3.83. The van der Waals surface area contributed by atoms with Gasteiger partial charge in [-0.25, -0.2) is 4.79 Å². The third kappa shape index (κ3) is 5.23. The van der Waals surface area contributed by atoms with E-state index in [0.717, 1.165) is 25.9 Å². The number of allylic oxidation sites excluding steroid dienone is 1. The first-order valence-corrected chi connectivity index (χ1v) is 11.5. The molecule has 0 amide bonds. The molecule has 128 valence electrons. The summed E-state index contributed by atoms with van der Waals surface area (Å²) in [4.78, 5) is 11.6. The molecule has 1 saturated carbocycles. The maximum absolute atomic E-state index is 11.6. The van der Waals surface area contributed by atoms with E-state index in [1.807, 2.05) is 6.92 Å². The molecule has 0 aliphatic heterocycles. The Bertz CT molecular complexity index is 407. The predicted octanol–water partition coefficient (Wildman–Crippen LogP) is 4.93. The van der Waals surface area contributed by atoms with Crippen molar-refractivity contribution < 1.29 is 14.0 Å². The maximum Gasteiger partial charge on any atom is 0.330 e. The molecule has 1 aliphatic rings. The van der Waals surface area contributed by atoms with E-state index in [2.05, 4.69) is 40.8 Å². The number of esters is 1. The summed E-state index contributed by atoms with van der Waals surface area (Å²) in [6, 6.07) is 0. The van der Waals surface area contributed by atoms with Gasteiger partial charge in [-0.1, -0.05) is 39.7 Å². The summed E-state index contributed by atoms with van der Waals surface area (Å²) < 4.78 is 11.4. The Morgan fingerprint density at radius 2 is 1.82 bits per heavy atom. The molecule has 0 spiro atoms. The second-order valence-corrected chi connectivity index (χ2v) is 12.8. The zero-order valence-corrected chi connectivity index (χ0v) is 16.5. The summed E-state index contributed by atoms with van der Waals surface area (Å²) in [6.07, 6.45) is 4.84. The highest BCUT2D eigenvalue weighted by molar-refractivity contribution is 6.74. The van der Waals surface area contributed by atoms with Gasteiger partial charge in [0.1, 0.15) is 0 Å². The van der Waals surface area contributed by atoms with Crippen LogP contribution in [0.4, 0.5) is 0 Å². The number of hydrogen-bond donors (Lipinski definition) is 0. The lowest BCUT2D eigenvalue weighted by Gasteiger charge is -2.37. The molecule has 1 fully saturated rings. The normalized spacial score (nSPS) is 24.8. The second kappa shape index (κ2) is 7.78. The van der Waals surface area contributed by atoms with Crippen LogP contribution in [0.25, 0.3) is 0 Å². The van der Waals surface area contributed by atoms with Gasteiger partial charge in [-0.2, -0.15) is 0 Å². The topological polar surface area (TPSA) is 35.5 Å². The molecule has 3 nitrogen and oxygen atoms in total. The lowest BCUT2D eigenvalue weighted by atomic mass is 9.95. The van der Waals surface area contributed by atoms with Crippen molar-refractivity contribution in [3.05, 3.63) is 11.6 Å². The van der Waals surface area contributed by atoms with Gasteiger partial charge >= 0.3 is 5.97 Å². The van der Waals surface area contributed by atoms with Crippen molar-refractivity contribution >= 4 is 14.3 Å². The van der Waals surface area contributed by atoms with Gasteiger partial charge in [0.05, 0.1) is 6.61 Å². The molecule has 1 aliphatic carbocycles. The van der Waals surface area contributed by atoms with E-state index >= 15 is 0 Å². The molecule has 0 unspecified atom stereocenters. The first-order chi connectivity index (χ1) is 10.1. The molecular weight excluding hydrogens is 292 g/mol. The number of ether oxygens (including phenoxy) is 1. The zero-order chi connectivity index (χ0) is 17.0. The molecule has 0 aromatic carbocycles. The van der Waals surface area contributed by atoms with E-state index in [0.29, 0.717) is 18.4 Å². The minimum atomic E-state index is -1.69. The summed E-state index contributed by atoms with van der Waals surface area (Å²) in [6.45, 7) is 16.8. The van der Waals surface area contributed by atoms with Crippen LogP contribution in [0.3, 0.4) is 0 Å². The van der Waals surface area contributed by atoms with Gasteiger partial charge in [0, 0.05) is 12.7 Å². The Balaban J connectivity index is 2.65. The average molecular weight is 327 g/mol. The van der Waals surface area contributed by atoms with Gasteiger partial charge in [-0.05, 0) is 49.7 Å². The lowest BCUT2D eigenvalue weighted by Crippen LogP contribution is -2.42. The van der Waals surface area contributed by atoms with Crippen LogP contribution in [-0.4, -0.2) is 27.5 Å². The lowest BCUT2D eigenvalue weighted by molar-refractivity contribution is -0.137.